The number of aromatic hydroxyl groups is 1. The molecule has 2 N–H and O–H groups in total. The molecule has 5 nitrogen and oxygen atoms in total. The first-order valence-electron chi connectivity index (χ1n) is 5.67. The van der Waals surface area contributed by atoms with E-state index in [1.165, 1.54) is 18.5 Å². The molecule has 1 amide bonds. The number of aryl methyl sites for hydroxylation is 1. The van der Waals surface area contributed by atoms with Crippen LogP contribution in [0.25, 0.3) is 0 Å². The van der Waals surface area contributed by atoms with Crippen LogP contribution in [0.5, 0.6) is 5.75 Å². The summed E-state index contributed by atoms with van der Waals surface area (Å²) < 4.78 is 0. The highest BCUT2D eigenvalue weighted by atomic mass is 35.5. The molecule has 0 atom stereocenters. The van der Waals surface area contributed by atoms with Crippen molar-refractivity contribution in [1.82, 2.24) is 9.97 Å². The summed E-state index contributed by atoms with van der Waals surface area (Å²) in [5.74, 6) is -0.220. The Balaban J connectivity index is 1.93. The van der Waals surface area contributed by atoms with Gasteiger partial charge in [0.1, 0.15) is 12.1 Å². The summed E-state index contributed by atoms with van der Waals surface area (Å²) in [4.78, 5) is 19.5. The maximum absolute atomic E-state index is 11.7. The van der Waals surface area contributed by atoms with Gasteiger partial charge >= 0.3 is 0 Å². The zero-order valence-corrected chi connectivity index (χ0v) is 10.8. The van der Waals surface area contributed by atoms with Crippen molar-refractivity contribution in [3.63, 3.8) is 0 Å². The van der Waals surface area contributed by atoms with Gasteiger partial charge in [-0.25, -0.2) is 9.97 Å². The lowest BCUT2D eigenvalue weighted by Crippen LogP contribution is -2.12. The molecule has 2 rings (SSSR count). The molecule has 0 fully saturated rings. The number of benzene rings is 1. The summed E-state index contributed by atoms with van der Waals surface area (Å²) >= 11 is 5.79. The largest absolute Gasteiger partial charge is 0.506 e. The SMILES string of the molecule is O=C(CCc1cncnc1)Nc1cc(Cl)ccc1O. The van der Waals surface area contributed by atoms with Crippen molar-refractivity contribution in [2.75, 3.05) is 5.32 Å². The van der Waals surface area contributed by atoms with Crippen LogP contribution in [-0.4, -0.2) is 21.0 Å². The van der Waals surface area contributed by atoms with E-state index in [4.69, 9.17) is 11.6 Å². The lowest BCUT2D eigenvalue weighted by Gasteiger charge is -2.07. The number of hydrogen-bond acceptors (Lipinski definition) is 4. The van der Waals surface area contributed by atoms with Gasteiger partial charge in [0.2, 0.25) is 5.91 Å². The van der Waals surface area contributed by atoms with Crippen LogP contribution < -0.4 is 5.32 Å². The summed E-state index contributed by atoms with van der Waals surface area (Å²) in [5, 5.41) is 12.6. The molecule has 0 aliphatic carbocycles. The van der Waals surface area contributed by atoms with Crippen LogP contribution in [0.4, 0.5) is 5.69 Å². The molecule has 0 bridgehead atoms. The second kappa shape index (κ2) is 6.15. The van der Waals surface area contributed by atoms with Crippen molar-refractivity contribution < 1.29 is 9.90 Å². The molecule has 0 saturated heterocycles. The predicted molar refractivity (Wildman–Crippen MR) is 72.1 cm³/mol. The number of carbonyl (C=O) groups is 1. The third-order valence-corrected chi connectivity index (χ3v) is 2.72. The number of nitrogens with zero attached hydrogens (tertiary/aromatic N) is 2. The van der Waals surface area contributed by atoms with Crippen LogP contribution in [0.3, 0.4) is 0 Å². The summed E-state index contributed by atoms with van der Waals surface area (Å²) in [6.45, 7) is 0. The first-order chi connectivity index (χ1) is 9.15. The van der Waals surface area contributed by atoms with Gasteiger partial charge in [-0.2, -0.15) is 0 Å². The maximum atomic E-state index is 11.7. The Hall–Kier alpha value is -2.14. The predicted octanol–water partition coefficient (Wildman–Crippen LogP) is 2.41. The molecule has 0 radical (unpaired) electrons. The number of hydrogen-bond donors (Lipinski definition) is 2. The lowest BCUT2D eigenvalue weighted by atomic mass is 10.2. The Morgan fingerprint density at radius 3 is 2.79 bits per heavy atom. The third-order valence-electron chi connectivity index (χ3n) is 2.49. The number of nitrogens with one attached hydrogen (secondary N) is 1. The molecular weight excluding hydrogens is 266 g/mol. The maximum Gasteiger partial charge on any atom is 0.224 e. The van der Waals surface area contributed by atoms with Gasteiger partial charge in [-0.05, 0) is 30.2 Å². The van der Waals surface area contributed by atoms with Crippen molar-refractivity contribution in [3.05, 3.63) is 47.5 Å². The van der Waals surface area contributed by atoms with Crippen LogP contribution in [0.2, 0.25) is 5.02 Å². The monoisotopic (exact) mass is 277 g/mol. The van der Waals surface area contributed by atoms with Gasteiger partial charge in [-0.3, -0.25) is 4.79 Å². The summed E-state index contributed by atoms with van der Waals surface area (Å²) in [6.07, 6.45) is 5.58. The Kier molecular flexibility index (Phi) is 4.30. The number of phenols is 1. The second-order valence-electron chi connectivity index (χ2n) is 3.96. The highest BCUT2D eigenvalue weighted by Crippen LogP contribution is 2.26. The Morgan fingerprint density at radius 1 is 1.32 bits per heavy atom. The number of amides is 1. The minimum atomic E-state index is -0.207. The van der Waals surface area contributed by atoms with E-state index >= 15 is 0 Å². The number of aromatic nitrogens is 2. The van der Waals surface area contributed by atoms with Gasteiger partial charge in [-0.1, -0.05) is 11.6 Å². The number of phenolic OH excluding ortho intramolecular Hbond substituents is 1. The molecule has 0 unspecified atom stereocenters. The molecule has 19 heavy (non-hydrogen) atoms. The number of halogens is 1. The summed E-state index contributed by atoms with van der Waals surface area (Å²) in [6, 6.07) is 4.48. The van der Waals surface area contributed by atoms with Gasteiger partial charge in [-0.15, -0.1) is 0 Å². The Bertz CT molecular complexity index is 575. The van der Waals surface area contributed by atoms with E-state index in [0.717, 1.165) is 5.56 Å². The molecule has 1 aromatic carbocycles. The summed E-state index contributed by atoms with van der Waals surface area (Å²) in [5.41, 5.74) is 1.19. The van der Waals surface area contributed by atoms with Crippen molar-refractivity contribution in [2.45, 2.75) is 12.8 Å². The van der Waals surface area contributed by atoms with Gasteiger partial charge in [0.05, 0.1) is 5.69 Å². The van der Waals surface area contributed by atoms with E-state index in [1.807, 2.05) is 0 Å². The normalized spacial score (nSPS) is 10.2. The minimum absolute atomic E-state index is 0.0132. The van der Waals surface area contributed by atoms with Crippen molar-refractivity contribution in [3.8, 4) is 5.75 Å². The molecule has 1 aromatic heterocycles. The van der Waals surface area contributed by atoms with Gasteiger partial charge in [0.25, 0.3) is 0 Å². The van der Waals surface area contributed by atoms with E-state index < -0.39 is 0 Å². The zero-order chi connectivity index (χ0) is 13.7. The summed E-state index contributed by atoms with van der Waals surface area (Å²) in [7, 11) is 0. The topological polar surface area (TPSA) is 75.1 Å². The molecule has 2 aromatic rings. The molecule has 1 heterocycles. The van der Waals surface area contributed by atoms with E-state index in [2.05, 4.69) is 15.3 Å². The molecule has 0 spiro atoms. The fourth-order valence-electron chi connectivity index (χ4n) is 1.54. The number of rotatable bonds is 4. The van der Waals surface area contributed by atoms with E-state index in [0.29, 0.717) is 17.1 Å². The van der Waals surface area contributed by atoms with Crippen molar-refractivity contribution >= 4 is 23.2 Å². The molecule has 0 aliphatic rings. The number of carbonyl (C=O) groups excluding carboxylic acids is 1. The highest BCUT2D eigenvalue weighted by Gasteiger charge is 2.07. The fraction of sp³-hybridized carbons (Fsp3) is 0.154. The van der Waals surface area contributed by atoms with Gasteiger partial charge in [0, 0.05) is 23.8 Å². The quantitative estimate of drug-likeness (QED) is 0.842. The fourth-order valence-corrected chi connectivity index (χ4v) is 1.71. The first kappa shape index (κ1) is 13.3. The molecule has 0 saturated carbocycles. The average Bonchev–Trinajstić information content (AvgIpc) is 2.42. The molecule has 0 aliphatic heterocycles. The highest BCUT2D eigenvalue weighted by molar-refractivity contribution is 6.31. The van der Waals surface area contributed by atoms with Crippen LogP contribution in [-0.2, 0) is 11.2 Å². The smallest absolute Gasteiger partial charge is 0.224 e. The molecule has 6 heteroatoms. The van der Waals surface area contributed by atoms with Gasteiger partial charge in [0.15, 0.2) is 0 Å². The van der Waals surface area contributed by atoms with E-state index in [1.54, 1.807) is 18.5 Å². The van der Waals surface area contributed by atoms with Crippen molar-refractivity contribution in [1.29, 1.82) is 0 Å². The molecular formula is C13H12ClN3O2. The van der Waals surface area contributed by atoms with Crippen molar-refractivity contribution in [2.24, 2.45) is 0 Å². The minimum Gasteiger partial charge on any atom is -0.506 e. The van der Waals surface area contributed by atoms with Crippen LogP contribution >= 0.6 is 11.6 Å². The third kappa shape index (κ3) is 3.93. The van der Waals surface area contributed by atoms with E-state index in [-0.39, 0.29) is 18.1 Å². The van der Waals surface area contributed by atoms with Gasteiger partial charge < -0.3 is 10.4 Å². The van der Waals surface area contributed by atoms with Crippen LogP contribution in [0, 0.1) is 0 Å². The van der Waals surface area contributed by atoms with E-state index in [9.17, 15) is 9.90 Å². The van der Waals surface area contributed by atoms with Crippen LogP contribution in [0.15, 0.2) is 36.9 Å². The standard InChI is InChI=1S/C13H12ClN3O2/c14-10-2-3-12(18)11(5-10)17-13(19)4-1-9-6-15-8-16-7-9/h2-3,5-8,18H,1,4H2,(H,17,19). The Morgan fingerprint density at radius 2 is 2.05 bits per heavy atom. The number of anilines is 1. The zero-order valence-electron chi connectivity index (χ0n) is 10.0. The first-order valence-corrected chi connectivity index (χ1v) is 6.05. The molecule has 98 valence electrons. The lowest BCUT2D eigenvalue weighted by molar-refractivity contribution is -0.116. The average molecular weight is 278 g/mol. The second-order valence-corrected chi connectivity index (χ2v) is 4.39. The Labute approximate surface area is 115 Å². The van der Waals surface area contributed by atoms with Crippen LogP contribution in [0.1, 0.15) is 12.0 Å².